The number of rotatable bonds is 2. The van der Waals surface area contributed by atoms with E-state index in [0.29, 0.717) is 28.4 Å². The summed E-state index contributed by atoms with van der Waals surface area (Å²) in [5, 5.41) is 2.81. The van der Waals surface area contributed by atoms with Crippen LogP contribution in [0, 0.1) is 6.92 Å². The van der Waals surface area contributed by atoms with Crippen LogP contribution in [0.25, 0.3) is 0 Å². The molecule has 0 aliphatic carbocycles. The first-order chi connectivity index (χ1) is 10.0. The number of fused-ring (bicyclic) bond motifs is 1. The summed E-state index contributed by atoms with van der Waals surface area (Å²) in [5.74, 6) is 0.950. The fraction of sp³-hybridized carbons (Fsp3) is 0.133. The number of nitrogen functional groups attached to an aromatic ring is 1. The quantitative estimate of drug-likeness (QED) is 0.816. The lowest BCUT2D eigenvalue weighted by atomic mass is 10.1. The molecule has 108 valence electrons. The van der Waals surface area contributed by atoms with Crippen LogP contribution in [-0.2, 0) is 0 Å². The third-order valence-corrected chi connectivity index (χ3v) is 3.76. The van der Waals surface area contributed by atoms with Gasteiger partial charge < -0.3 is 20.5 Å². The van der Waals surface area contributed by atoms with Gasteiger partial charge in [0.2, 0.25) is 6.79 Å². The fourth-order valence-electron chi connectivity index (χ4n) is 2.12. The van der Waals surface area contributed by atoms with E-state index in [-0.39, 0.29) is 12.7 Å². The second kappa shape index (κ2) is 5.29. The van der Waals surface area contributed by atoms with Crippen molar-refractivity contribution in [2.24, 2.45) is 0 Å². The van der Waals surface area contributed by atoms with Gasteiger partial charge in [-0.2, -0.15) is 0 Å². The summed E-state index contributed by atoms with van der Waals surface area (Å²) < 4.78 is 11.2. The highest BCUT2D eigenvalue weighted by molar-refractivity contribution is 9.10. The number of benzene rings is 2. The topological polar surface area (TPSA) is 73.6 Å². The largest absolute Gasteiger partial charge is 0.454 e. The van der Waals surface area contributed by atoms with Crippen LogP contribution in [0.1, 0.15) is 15.9 Å². The van der Waals surface area contributed by atoms with Gasteiger partial charge in [-0.25, -0.2) is 0 Å². The van der Waals surface area contributed by atoms with Crippen molar-refractivity contribution in [1.29, 1.82) is 0 Å². The fourth-order valence-corrected chi connectivity index (χ4v) is 2.81. The highest BCUT2D eigenvalue weighted by Gasteiger charge is 2.17. The predicted octanol–water partition coefficient (Wildman–Crippen LogP) is 3.32. The van der Waals surface area contributed by atoms with Crippen LogP contribution >= 0.6 is 15.9 Å². The van der Waals surface area contributed by atoms with Crippen molar-refractivity contribution in [2.45, 2.75) is 6.92 Å². The van der Waals surface area contributed by atoms with Crippen LogP contribution in [0.3, 0.4) is 0 Å². The number of ether oxygens (including phenoxy) is 2. The van der Waals surface area contributed by atoms with E-state index in [1.54, 1.807) is 24.3 Å². The van der Waals surface area contributed by atoms with E-state index in [4.69, 9.17) is 15.2 Å². The van der Waals surface area contributed by atoms with Crippen molar-refractivity contribution in [1.82, 2.24) is 0 Å². The van der Waals surface area contributed by atoms with Gasteiger partial charge in [0.05, 0.1) is 11.4 Å². The van der Waals surface area contributed by atoms with E-state index in [1.807, 2.05) is 13.0 Å². The van der Waals surface area contributed by atoms with Crippen molar-refractivity contribution >= 4 is 33.2 Å². The number of hydrogen-bond donors (Lipinski definition) is 2. The molecule has 0 fully saturated rings. The van der Waals surface area contributed by atoms with Crippen LogP contribution in [0.5, 0.6) is 11.5 Å². The third-order valence-electron chi connectivity index (χ3n) is 3.14. The molecule has 0 radical (unpaired) electrons. The Balaban J connectivity index is 1.87. The molecule has 0 saturated carbocycles. The molecule has 3 rings (SSSR count). The first-order valence-electron chi connectivity index (χ1n) is 6.31. The van der Waals surface area contributed by atoms with Crippen molar-refractivity contribution in [3.63, 3.8) is 0 Å². The van der Waals surface area contributed by atoms with Gasteiger partial charge in [0.25, 0.3) is 5.91 Å². The van der Waals surface area contributed by atoms with Gasteiger partial charge in [0.15, 0.2) is 11.5 Å². The zero-order chi connectivity index (χ0) is 15.0. The summed E-state index contributed by atoms with van der Waals surface area (Å²) in [6.07, 6.45) is 0. The van der Waals surface area contributed by atoms with Gasteiger partial charge in [-0.15, -0.1) is 0 Å². The molecule has 21 heavy (non-hydrogen) atoms. The van der Waals surface area contributed by atoms with E-state index in [0.717, 1.165) is 10.0 Å². The number of hydrogen-bond acceptors (Lipinski definition) is 4. The molecule has 3 N–H and O–H groups in total. The highest BCUT2D eigenvalue weighted by atomic mass is 79.9. The smallest absolute Gasteiger partial charge is 0.255 e. The van der Waals surface area contributed by atoms with Gasteiger partial charge in [-0.1, -0.05) is 0 Å². The maximum Gasteiger partial charge on any atom is 0.255 e. The number of aryl methyl sites for hydroxylation is 1. The lowest BCUT2D eigenvalue weighted by Crippen LogP contribution is -2.13. The van der Waals surface area contributed by atoms with Crippen molar-refractivity contribution in [2.75, 3.05) is 17.8 Å². The van der Waals surface area contributed by atoms with E-state index < -0.39 is 0 Å². The van der Waals surface area contributed by atoms with Gasteiger partial charge in [0.1, 0.15) is 0 Å². The maximum atomic E-state index is 12.3. The van der Waals surface area contributed by atoms with Crippen molar-refractivity contribution in [3.05, 3.63) is 45.9 Å². The number of amides is 1. The number of nitrogens with two attached hydrogens (primary N) is 1. The van der Waals surface area contributed by atoms with Crippen LogP contribution in [0.4, 0.5) is 11.4 Å². The molecule has 0 atom stereocenters. The molecule has 0 saturated heterocycles. The molecule has 2 aromatic carbocycles. The number of carbonyl (C=O) groups excluding carboxylic acids is 1. The van der Waals surface area contributed by atoms with Crippen LogP contribution < -0.4 is 20.5 Å². The molecule has 0 unspecified atom stereocenters. The molecular formula is C15H13BrN2O3. The number of anilines is 2. The Bertz CT molecular complexity index is 708. The van der Waals surface area contributed by atoms with Gasteiger partial charge in [0, 0.05) is 10.0 Å². The Morgan fingerprint density at radius 1 is 1.24 bits per heavy atom. The van der Waals surface area contributed by atoms with Crippen molar-refractivity contribution in [3.8, 4) is 11.5 Å². The number of halogens is 1. The van der Waals surface area contributed by atoms with Crippen LogP contribution in [0.15, 0.2) is 34.8 Å². The monoisotopic (exact) mass is 348 g/mol. The Labute approximate surface area is 130 Å². The van der Waals surface area contributed by atoms with E-state index in [2.05, 4.69) is 21.2 Å². The summed E-state index contributed by atoms with van der Waals surface area (Å²) in [7, 11) is 0. The molecule has 1 aliphatic rings. The SMILES string of the molecule is Cc1cc(N)c(NC(=O)c2ccc3c(c2)OCO3)c(Br)c1. The Morgan fingerprint density at radius 2 is 2.00 bits per heavy atom. The molecule has 1 heterocycles. The second-order valence-electron chi connectivity index (χ2n) is 4.73. The Hall–Kier alpha value is -2.21. The zero-order valence-corrected chi connectivity index (χ0v) is 12.9. The van der Waals surface area contributed by atoms with Gasteiger partial charge in [-0.05, 0) is 58.7 Å². The lowest BCUT2D eigenvalue weighted by Gasteiger charge is -2.11. The third kappa shape index (κ3) is 2.67. The van der Waals surface area contributed by atoms with Crippen LogP contribution in [0.2, 0.25) is 0 Å². The van der Waals surface area contributed by atoms with Crippen LogP contribution in [-0.4, -0.2) is 12.7 Å². The normalized spacial score (nSPS) is 12.3. The molecule has 2 aromatic rings. The summed E-state index contributed by atoms with van der Waals surface area (Å²) in [5.41, 5.74) is 8.51. The van der Waals surface area contributed by atoms with E-state index in [9.17, 15) is 4.79 Å². The van der Waals surface area contributed by atoms with Gasteiger partial charge >= 0.3 is 0 Å². The van der Waals surface area contributed by atoms with E-state index >= 15 is 0 Å². The van der Waals surface area contributed by atoms with Gasteiger partial charge in [-0.3, -0.25) is 4.79 Å². The number of nitrogens with one attached hydrogen (secondary N) is 1. The highest BCUT2D eigenvalue weighted by Crippen LogP contribution is 2.34. The first-order valence-corrected chi connectivity index (χ1v) is 7.10. The Kier molecular flexibility index (Phi) is 3.47. The standard InChI is InChI=1S/C15H13BrN2O3/c1-8-4-10(16)14(11(17)5-8)18-15(19)9-2-3-12-13(6-9)21-7-20-12/h2-6H,7,17H2,1H3,(H,18,19). The first kappa shape index (κ1) is 13.8. The summed E-state index contributed by atoms with van der Waals surface area (Å²) in [4.78, 5) is 12.3. The maximum absolute atomic E-state index is 12.3. The van der Waals surface area contributed by atoms with E-state index in [1.165, 1.54) is 0 Å². The summed E-state index contributed by atoms with van der Waals surface area (Å²) >= 11 is 3.41. The molecule has 5 nitrogen and oxygen atoms in total. The zero-order valence-electron chi connectivity index (χ0n) is 11.3. The summed E-state index contributed by atoms with van der Waals surface area (Å²) in [6, 6.07) is 8.74. The second-order valence-corrected chi connectivity index (χ2v) is 5.59. The molecule has 0 spiro atoms. The molecule has 0 bridgehead atoms. The minimum absolute atomic E-state index is 0.177. The molecule has 1 amide bonds. The minimum Gasteiger partial charge on any atom is -0.454 e. The number of carbonyl (C=O) groups is 1. The molecular weight excluding hydrogens is 336 g/mol. The minimum atomic E-state index is -0.260. The molecule has 6 heteroatoms. The molecule has 1 aliphatic heterocycles. The summed E-state index contributed by atoms with van der Waals surface area (Å²) in [6.45, 7) is 2.11. The average Bonchev–Trinajstić information content (AvgIpc) is 2.89. The predicted molar refractivity (Wildman–Crippen MR) is 83.8 cm³/mol. The average molecular weight is 349 g/mol. The molecule has 0 aromatic heterocycles. The Morgan fingerprint density at radius 3 is 2.76 bits per heavy atom. The lowest BCUT2D eigenvalue weighted by molar-refractivity contribution is 0.102. The van der Waals surface area contributed by atoms with Crippen molar-refractivity contribution < 1.29 is 14.3 Å².